The Labute approximate surface area is 123 Å². The Morgan fingerprint density at radius 3 is 2.95 bits per heavy atom. The van der Waals surface area contributed by atoms with Gasteiger partial charge in [0.2, 0.25) is 0 Å². The zero-order chi connectivity index (χ0) is 14.3. The van der Waals surface area contributed by atoms with E-state index < -0.39 is 11.8 Å². The first-order valence-electron chi connectivity index (χ1n) is 6.36. The average molecular weight is 339 g/mol. The van der Waals surface area contributed by atoms with Gasteiger partial charge in [-0.2, -0.15) is 0 Å². The van der Waals surface area contributed by atoms with E-state index in [4.69, 9.17) is 0 Å². The molecule has 0 saturated carbocycles. The van der Waals surface area contributed by atoms with Crippen LogP contribution in [0.1, 0.15) is 29.2 Å². The van der Waals surface area contributed by atoms with Gasteiger partial charge in [-0.25, -0.2) is 14.2 Å². The number of carboxylic acid groups (broad SMARTS) is 1. The number of nitrogens with zero attached hydrogens (tertiary/aromatic N) is 2. The SMILES string of the molecule is O=C(O)c1c(-c2cc(Br)ccc2F)nc2n1CCCC2. The lowest BCUT2D eigenvalue weighted by Gasteiger charge is -2.14. The number of aromatic carboxylic acids is 1. The van der Waals surface area contributed by atoms with Crippen LogP contribution in [0.25, 0.3) is 11.3 Å². The first kappa shape index (κ1) is 13.3. The maximum Gasteiger partial charge on any atom is 0.354 e. The third kappa shape index (κ3) is 2.14. The minimum absolute atomic E-state index is 0.0803. The zero-order valence-corrected chi connectivity index (χ0v) is 12.2. The number of rotatable bonds is 2. The summed E-state index contributed by atoms with van der Waals surface area (Å²) in [7, 11) is 0. The van der Waals surface area contributed by atoms with Gasteiger partial charge >= 0.3 is 5.97 Å². The van der Waals surface area contributed by atoms with Gasteiger partial charge in [0, 0.05) is 23.0 Å². The second-order valence-corrected chi connectivity index (χ2v) is 5.68. The number of hydrogen-bond acceptors (Lipinski definition) is 2. The first-order valence-corrected chi connectivity index (χ1v) is 7.15. The number of aryl methyl sites for hydroxylation is 1. The topological polar surface area (TPSA) is 55.1 Å². The van der Waals surface area contributed by atoms with Gasteiger partial charge in [0.05, 0.1) is 0 Å². The van der Waals surface area contributed by atoms with Crippen LogP contribution in [0.5, 0.6) is 0 Å². The van der Waals surface area contributed by atoms with Crippen LogP contribution >= 0.6 is 15.9 Å². The fourth-order valence-electron chi connectivity index (χ4n) is 2.57. The van der Waals surface area contributed by atoms with E-state index in [2.05, 4.69) is 20.9 Å². The number of aromatic nitrogens is 2. The molecular weight excluding hydrogens is 327 g/mol. The fraction of sp³-hybridized carbons (Fsp3) is 0.286. The highest BCUT2D eigenvalue weighted by molar-refractivity contribution is 9.10. The number of fused-ring (bicyclic) bond motifs is 1. The van der Waals surface area contributed by atoms with Crippen molar-refractivity contribution < 1.29 is 14.3 Å². The van der Waals surface area contributed by atoms with Crippen LogP contribution in [-0.4, -0.2) is 20.6 Å². The molecule has 20 heavy (non-hydrogen) atoms. The number of benzene rings is 1. The summed E-state index contributed by atoms with van der Waals surface area (Å²) in [6.45, 7) is 0.625. The fourth-order valence-corrected chi connectivity index (χ4v) is 2.93. The Morgan fingerprint density at radius 1 is 1.40 bits per heavy atom. The van der Waals surface area contributed by atoms with Crippen molar-refractivity contribution in [2.45, 2.75) is 25.8 Å². The highest BCUT2D eigenvalue weighted by Gasteiger charge is 2.26. The van der Waals surface area contributed by atoms with E-state index in [-0.39, 0.29) is 17.0 Å². The first-order chi connectivity index (χ1) is 9.58. The van der Waals surface area contributed by atoms with Crippen LogP contribution in [0.15, 0.2) is 22.7 Å². The molecule has 1 N–H and O–H groups in total. The van der Waals surface area contributed by atoms with Crippen LogP contribution < -0.4 is 0 Å². The molecule has 0 atom stereocenters. The van der Waals surface area contributed by atoms with Gasteiger partial charge in [0.15, 0.2) is 5.69 Å². The quantitative estimate of drug-likeness (QED) is 0.911. The van der Waals surface area contributed by atoms with Gasteiger partial charge in [-0.05, 0) is 31.0 Å². The Bertz CT molecular complexity index is 697. The van der Waals surface area contributed by atoms with E-state index in [0.29, 0.717) is 11.0 Å². The monoisotopic (exact) mass is 338 g/mol. The molecule has 6 heteroatoms. The van der Waals surface area contributed by atoms with Crippen molar-refractivity contribution in [2.24, 2.45) is 0 Å². The minimum Gasteiger partial charge on any atom is -0.477 e. The molecular formula is C14H12BrFN2O2. The highest BCUT2D eigenvalue weighted by atomic mass is 79.9. The molecule has 0 fully saturated rings. The molecule has 0 amide bonds. The summed E-state index contributed by atoms with van der Waals surface area (Å²) >= 11 is 3.28. The third-order valence-electron chi connectivity index (χ3n) is 3.46. The smallest absolute Gasteiger partial charge is 0.354 e. The van der Waals surface area contributed by atoms with E-state index in [0.717, 1.165) is 25.1 Å². The van der Waals surface area contributed by atoms with Crippen molar-refractivity contribution in [3.8, 4) is 11.3 Å². The van der Waals surface area contributed by atoms with Crippen LogP contribution in [-0.2, 0) is 13.0 Å². The zero-order valence-electron chi connectivity index (χ0n) is 10.6. The van der Waals surface area contributed by atoms with Crippen molar-refractivity contribution in [1.82, 2.24) is 9.55 Å². The Balaban J connectivity index is 2.25. The molecule has 0 saturated heterocycles. The Kier molecular flexibility index (Phi) is 3.33. The number of hydrogen-bond donors (Lipinski definition) is 1. The molecule has 3 rings (SSSR count). The van der Waals surface area contributed by atoms with Crippen molar-refractivity contribution >= 4 is 21.9 Å². The number of carbonyl (C=O) groups is 1. The summed E-state index contributed by atoms with van der Waals surface area (Å²) in [6, 6.07) is 4.45. The number of carboxylic acids is 1. The molecule has 2 aromatic rings. The van der Waals surface area contributed by atoms with E-state index in [1.165, 1.54) is 6.07 Å². The molecule has 0 spiro atoms. The molecule has 0 radical (unpaired) electrons. The Morgan fingerprint density at radius 2 is 2.20 bits per heavy atom. The Hall–Kier alpha value is -1.69. The van der Waals surface area contributed by atoms with E-state index in [1.54, 1.807) is 16.7 Å². The predicted molar refractivity (Wildman–Crippen MR) is 75.2 cm³/mol. The van der Waals surface area contributed by atoms with Gasteiger partial charge in [0.1, 0.15) is 17.3 Å². The standard InChI is InChI=1S/C14H12BrFN2O2/c15-8-4-5-10(16)9(7-8)12-13(14(19)20)18-6-2-1-3-11(18)17-12/h4-5,7H,1-3,6H2,(H,19,20). The summed E-state index contributed by atoms with van der Waals surface area (Å²) in [5, 5.41) is 9.44. The molecule has 1 aliphatic heterocycles. The molecule has 4 nitrogen and oxygen atoms in total. The molecule has 2 heterocycles. The van der Waals surface area contributed by atoms with Crippen LogP contribution in [0.4, 0.5) is 4.39 Å². The van der Waals surface area contributed by atoms with Gasteiger partial charge in [-0.15, -0.1) is 0 Å². The second kappa shape index (κ2) is 5.01. The summed E-state index contributed by atoms with van der Waals surface area (Å²) in [4.78, 5) is 15.9. The summed E-state index contributed by atoms with van der Waals surface area (Å²) in [6.07, 6.45) is 2.64. The van der Waals surface area contributed by atoms with Gasteiger partial charge in [0.25, 0.3) is 0 Å². The number of halogens is 2. The molecule has 1 aliphatic rings. The maximum atomic E-state index is 14.0. The van der Waals surface area contributed by atoms with E-state index in [1.807, 2.05) is 0 Å². The van der Waals surface area contributed by atoms with Crippen LogP contribution in [0, 0.1) is 5.82 Å². The third-order valence-corrected chi connectivity index (χ3v) is 3.96. The lowest BCUT2D eigenvalue weighted by molar-refractivity contribution is 0.0684. The molecule has 0 unspecified atom stereocenters. The molecule has 1 aromatic carbocycles. The normalized spacial score (nSPS) is 14.1. The summed E-state index contributed by atoms with van der Waals surface area (Å²) in [5.74, 6) is -0.811. The van der Waals surface area contributed by atoms with Gasteiger partial charge < -0.3 is 9.67 Å². The molecule has 1 aromatic heterocycles. The highest BCUT2D eigenvalue weighted by Crippen LogP contribution is 2.31. The molecule has 0 bridgehead atoms. The van der Waals surface area contributed by atoms with Gasteiger partial charge in [-0.1, -0.05) is 15.9 Å². The molecule has 104 valence electrons. The molecule has 0 aliphatic carbocycles. The largest absolute Gasteiger partial charge is 0.477 e. The average Bonchev–Trinajstić information content (AvgIpc) is 2.80. The van der Waals surface area contributed by atoms with Crippen molar-refractivity contribution in [3.63, 3.8) is 0 Å². The second-order valence-electron chi connectivity index (χ2n) is 4.76. The summed E-state index contributed by atoms with van der Waals surface area (Å²) in [5.41, 5.74) is 0.517. The maximum absolute atomic E-state index is 14.0. The predicted octanol–water partition coefficient (Wildman–Crippen LogP) is 3.49. The van der Waals surface area contributed by atoms with Crippen LogP contribution in [0.3, 0.4) is 0 Å². The minimum atomic E-state index is -1.07. The lowest BCUT2D eigenvalue weighted by atomic mass is 10.1. The van der Waals surface area contributed by atoms with Crippen molar-refractivity contribution in [2.75, 3.05) is 0 Å². The van der Waals surface area contributed by atoms with E-state index in [9.17, 15) is 14.3 Å². The van der Waals surface area contributed by atoms with E-state index >= 15 is 0 Å². The summed E-state index contributed by atoms with van der Waals surface area (Å²) < 4.78 is 16.4. The number of imidazole rings is 1. The lowest BCUT2D eigenvalue weighted by Crippen LogP contribution is -2.16. The van der Waals surface area contributed by atoms with Crippen molar-refractivity contribution in [1.29, 1.82) is 0 Å². The van der Waals surface area contributed by atoms with Crippen LogP contribution in [0.2, 0.25) is 0 Å². The van der Waals surface area contributed by atoms with Crippen molar-refractivity contribution in [3.05, 3.63) is 40.0 Å². The van der Waals surface area contributed by atoms with Gasteiger partial charge in [-0.3, -0.25) is 0 Å².